The zero-order chi connectivity index (χ0) is 24.0. The van der Waals surface area contributed by atoms with Gasteiger partial charge in [0.2, 0.25) is 0 Å². The van der Waals surface area contributed by atoms with E-state index in [1.807, 2.05) is 41.1 Å². The lowest BCUT2D eigenvalue weighted by Crippen LogP contribution is -2.48. The number of halogens is 1. The van der Waals surface area contributed by atoms with Gasteiger partial charge in [0.15, 0.2) is 5.82 Å². The van der Waals surface area contributed by atoms with Crippen LogP contribution in [0, 0.1) is 0 Å². The monoisotopic (exact) mass is 488 g/mol. The standard InChI is InChI=1S/C27H29ClN6O/c1-35-25-13-7-22(8-14-25)20-34-27(29-30-31-34)26(23-9-11-24(28)12-10-23)33-17-15-32(16-18-33)19-21-5-3-2-4-6-21/h2-14,26H,15-20H2,1H3/t26-/m1/s1. The molecule has 0 spiro atoms. The molecule has 180 valence electrons. The number of nitrogens with zero attached hydrogens (tertiary/aromatic N) is 6. The second kappa shape index (κ2) is 11.0. The zero-order valence-electron chi connectivity index (χ0n) is 19.8. The number of ether oxygens (including phenoxy) is 1. The lowest BCUT2D eigenvalue weighted by molar-refractivity contribution is 0.100. The van der Waals surface area contributed by atoms with Crippen molar-refractivity contribution < 1.29 is 4.74 Å². The highest BCUT2D eigenvalue weighted by Gasteiger charge is 2.30. The van der Waals surface area contributed by atoms with Gasteiger partial charge in [-0.05, 0) is 51.4 Å². The molecule has 0 radical (unpaired) electrons. The third kappa shape index (κ3) is 5.70. The Morgan fingerprint density at radius 3 is 2.20 bits per heavy atom. The fourth-order valence-corrected chi connectivity index (χ4v) is 4.74. The predicted molar refractivity (Wildman–Crippen MR) is 136 cm³/mol. The molecule has 0 bridgehead atoms. The lowest BCUT2D eigenvalue weighted by Gasteiger charge is -2.39. The summed E-state index contributed by atoms with van der Waals surface area (Å²) in [6.45, 7) is 5.38. The van der Waals surface area contributed by atoms with Gasteiger partial charge in [-0.1, -0.05) is 66.2 Å². The summed E-state index contributed by atoms with van der Waals surface area (Å²) in [5.74, 6) is 1.66. The van der Waals surface area contributed by atoms with E-state index < -0.39 is 0 Å². The van der Waals surface area contributed by atoms with Crippen LogP contribution in [0.2, 0.25) is 5.02 Å². The minimum Gasteiger partial charge on any atom is -0.497 e. The van der Waals surface area contributed by atoms with Gasteiger partial charge in [-0.3, -0.25) is 9.80 Å². The van der Waals surface area contributed by atoms with Crippen LogP contribution in [-0.4, -0.2) is 63.3 Å². The molecule has 1 aromatic heterocycles. The van der Waals surface area contributed by atoms with Gasteiger partial charge >= 0.3 is 0 Å². The van der Waals surface area contributed by atoms with Gasteiger partial charge in [-0.2, -0.15) is 0 Å². The van der Waals surface area contributed by atoms with Crippen molar-refractivity contribution in [3.05, 3.63) is 106 Å². The molecule has 0 N–H and O–H groups in total. The fraction of sp³-hybridized carbons (Fsp3) is 0.296. The largest absolute Gasteiger partial charge is 0.497 e. The summed E-state index contributed by atoms with van der Waals surface area (Å²) in [5, 5.41) is 13.6. The average Bonchev–Trinajstić information content (AvgIpc) is 3.35. The van der Waals surface area contributed by atoms with Gasteiger partial charge in [0.1, 0.15) is 5.75 Å². The van der Waals surface area contributed by atoms with Crippen LogP contribution < -0.4 is 4.74 Å². The number of hydrogen-bond acceptors (Lipinski definition) is 6. The normalized spacial score (nSPS) is 15.7. The van der Waals surface area contributed by atoms with Crippen LogP contribution in [-0.2, 0) is 13.1 Å². The number of benzene rings is 3. The van der Waals surface area contributed by atoms with E-state index >= 15 is 0 Å². The molecule has 4 aromatic rings. The molecule has 0 amide bonds. The molecule has 0 saturated carbocycles. The highest BCUT2D eigenvalue weighted by molar-refractivity contribution is 6.30. The van der Waals surface area contributed by atoms with Crippen LogP contribution >= 0.6 is 11.6 Å². The first-order valence-corrected chi connectivity index (χ1v) is 12.2. The minimum atomic E-state index is -0.0561. The third-order valence-corrected chi connectivity index (χ3v) is 6.75. The number of piperazine rings is 1. The topological polar surface area (TPSA) is 59.3 Å². The summed E-state index contributed by atoms with van der Waals surface area (Å²) in [5.41, 5.74) is 3.59. The first-order valence-electron chi connectivity index (χ1n) is 11.8. The highest BCUT2D eigenvalue weighted by Crippen LogP contribution is 2.29. The quantitative estimate of drug-likeness (QED) is 0.369. The predicted octanol–water partition coefficient (Wildman–Crippen LogP) is 4.29. The summed E-state index contributed by atoms with van der Waals surface area (Å²) < 4.78 is 7.19. The molecule has 0 unspecified atom stereocenters. The second-order valence-electron chi connectivity index (χ2n) is 8.79. The van der Waals surface area contributed by atoms with Crippen LogP contribution in [0.25, 0.3) is 0 Å². The SMILES string of the molecule is COc1ccc(Cn2nnnc2[C@@H](c2ccc(Cl)cc2)N2CCN(Cc3ccccc3)CC2)cc1. The van der Waals surface area contributed by atoms with E-state index in [0.29, 0.717) is 6.54 Å². The van der Waals surface area contributed by atoms with Gasteiger partial charge in [0.25, 0.3) is 0 Å². The summed E-state index contributed by atoms with van der Waals surface area (Å²) >= 11 is 6.21. The van der Waals surface area contributed by atoms with Crippen LogP contribution in [0.1, 0.15) is 28.6 Å². The fourth-order valence-electron chi connectivity index (χ4n) is 4.61. The summed E-state index contributed by atoms with van der Waals surface area (Å²) in [4.78, 5) is 4.98. The highest BCUT2D eigenvalue weighted by atomic mass is 35.5. The molecule has 5 rings (SSSR count). The van der Waals surface area contributed by atoms with Crippen molar-refractivity contribution >= 4 is 11.6 Å². The molecule has 1 atom stereocenters. The van der Waals surface area contributed by atoms with E-state index in [-0.39, 0.29) is 6.04 Å². The van der Waals surface area contributed by atoms with Gasteiger partial charge in [-0.25, -0.2) is 4.68 Å². The molecule has 8 heteroatoms. The molecule has 1 saturated heterocycles. The lowest BCUT2D eigenvalue weighted by atomic mass is 10.0. The molecule has 1 aliphatic rings. The molecule has 0 aliphatic carbocycles. The first kappa shape index (κ1) is 23.5. The molecule has 35 heavy (non-hydrogen) atoms. The van der Waals surface area contributed by atoms with E-state index in [9.17, 15) is 0 Å². The maximum atomic E-state index is 6.21. The van der Waals surface area contributed by atoms with Crippen molar-refractivity contribution in [3.63, 3.8) is 0 Å². The number of tetrazole rings is 1. The van der Waals surface area contributed by atoms with Gasteiger partial charge < -0.3 is 4.74 Å². The Morgan fingerprint density at radius 1 is 0.829 bits per heavy atom. The van der Waals surface area contributed by atoms with E-state index in [2.05, 4.69) is 67.8 Å². The maximum absolute atomic E-state index is 6.21. The van der Waals surface area contributed by atoms with Crippen LogP contribution in [0.15, 0.2) is 78.9 Å². The number of rotatable bonds is 8. The molecule has 1 aliphatic heterocycles. The molecule has 1 fully saturated rings. The summed E-state index contributed by atoms with van der Waals surface area (Å²) in [7, 11) is 1.67. The number of hydrogen-bond donors (Lipinski definition) is 0. The average molecular weight is 489 g/mol. The first-order chi connectivity index (χ1) is 17.2. The summed E-state index contributed by atoms with van der Waals surface area (Å²) in [6, 6.07) is 26.6. The molecule has 3 aromatic carbocycles. The Hall–Kier alpha value is -3.26. The Balaban J connectivity index is 1.37. The Kier molecular flexibility index (Phi) is 7.37. The van der Waals surface area contributed by atoms with E-state index in [0.717, 1.165) is 60.4 Å². The Labute approximate surface area is 210 Å². The van der Waals surface area contributed by atoms with Gasteiger partial charge in [0.05, 0.1) is 19.7 Å². The number of methoxy groups -OCH3 is 1. The summed E-state index contributed by atoms with van der Waals surface area (Å²) in [6.07, 6.45) is 0. The Bertz CT molecular complexity index is 1200. The van der Waals surface area contributed by atoms with Crippen molar-refractivity contribution in [2.24, 2.45) is 0 Å². The van der Waals surface area contributed by atoms with Gasteiger partial charge in [0, 0.05) is 37.7 Å². The van der Waals surface area contributed by atoms with Crippen LogP contribution in [0.4, 0.5) is 0 Å². The minimum absolute atomic E-state index is 0.0561. The zero-order valence-corrected chi connectivity index (χ0v) is 20.6. The molecule has 2 heterocycles. The second-order valence-corrected chi connectivity index (χ2v) is 9.23. The van der Waals surface area contributed by atoms with Crippen molar-refractivity contribution in [1.29, 1.82) is 0 Å². The van der Waals surface area contributed by atoms with E-state index in [4.69, 9.17) is 16.3 Å². The van der Waals surface area contributed by atoms with Crippen LogP contribution in [0.3, 0.4) is 0 Å². The van der Waals surface area contributed by atoms with Crippen molar-refractivity contribution in [2.75, 3.05) is 33.3 Å². The Morgan fingerprint density at radius 2 is 1.51 bits per heavy atom. The van der Waals surface area contributed by atoms with E-state index in [1.165, 1.54) is 5.56 Å². The third-order valence-electron chi connectivity index (χ3n) is 6.50. The smallest absolute Gasteiger partial charge is 0.173 e. The molecular weight excluding hydrogens is 460 g/mol. The molecular formula is C27H29ClN6O. The van der Waals surface area contributed by atoms with Gasteiger partial charge in [-0.15, -0.1) is 5.10 Å². The van der Waals surface area contributed by atoms with Crippen molar-refractivity contribution in [1.82, 2.24) is 30.0 Å². The van der Waals surface area contributed by atoms with Crippen molar-refractivity contribution in [2.45, 2.75) is 19.1 Å². The maximum Gasteiger partial charge on any atom is 0.173 e. The van der Waals surface area contributed by atoms with E-state index in [1.54, 1.807) is 7.11 Å². The number of aromatic nitrogens is 4. The molecule has 7 nitrogen and oxygen atoms in total. The van der Waals surface area contributed by atoms with Crippen LogP contribution in [0.5, 0.6) is 5.75 Å². The van der Waals surface area contributed by atoms with Crippen molar-refractivity contribution in [3.8, 4) is 5.75 Å².